The van der Waals surface area contributed by atoms with E-state index in [9.17, 15) is 9.59 Å². The second kappa shape index (κ2) is 7.83. The molecule has 4 rings (SSSR count). The molecular weight excluding hydrogens is 402 g/mol. The molecule has 1 fully saturated rings. The second-order valence-corrected chi connectivity index (χ2v) is 9.01. The van der Waals surface area contributed by atoms with Crippen molar-refractivity contribution < 1.29 is 9.59 Å². The van der Waals surface area contributed by atoms with E-state index >= 15 is 0 Å². The molecule has 3 aromatic heterocycles. The number of rotatable bonds is 8. The fraction of sp³-hybridized carbons (Fsp3) is 0.294. The van der Waals surface area contributed by atoms with Crippen LogP contribution in [0.3, 0.4) is 0 Å². The maximum absolute atomic E-state index is 12.3. The Labute approximate surface area is 168 Å². The van der Waals surface area contributed by atoms with Crippen LogP contribution in [0, 0.1) is 0 Å². The van der Waals surface area contributed by atoms with Crippen molar-refractivity contribution >= 4 is 51.3 Å². The van der Waals surface area contributed by atoms with Crippen LogP contribution in [0.1, 0.15) is 39.9 Å². The van der Waals surface area contributed by atoms with Crippen LogP contribution in [-0.2, 0) is 11.2 Å². The lowest BCUT2D eigenvalue weighted by Crippen LogP contribution is -2.18. The first-order valence-electron chi connectivity index (χ1n) is 8.38. The van der Waals surface area contributed by atoms with Crippen LogP contribution in [0.4, 0.5) is 5.00 Å². The summed E-state index contributed by atoms with van der Waals surface area (Å²) in [4.78, 5) is 24.9. The number of amides is 2. The first kappa shape index (κ1) is 18.2. The molecule has 0 aromatic carbocycles. The number of aromatic nitrogens is 3. The molecule has 3 N–H and O–H groups in total. The molecule has 3 heterocycles. The summed E-state index contributed by atoms with van der Waals surface area (Å²) in [6.45, 7) is 0. The Kier molecular flexibility index (Phi) is 5.28. The van der Waals surface area contributed by atoms with Crippen LogP contribution in [0.2, 0.25) is 0 Å². The molecule has 7 nitrogen and oxygen atoms in total. The van der Waals surface area contributed by atoms with Crippen molar-refractivity contribution in [1.82, 2.24) is 14.8 Å². The van der Waals surface area contributed by atoms with E-state index in [0.717, 1.165) is 30.2 Å². The average molecular weight is 420 g/mol. The summed E-state index contributed by atoms with van der Waals surface area (Å²) in [5, 5.41) is 16.4. The molecule has 3 aromatic rings. The van der Waals surface area contributed by atoms with Crippen molar-refractivity contribution in [3.05, 3.63) is 45.2 Å². The highest BCUT2D eigenvalue weighted by Crippen LogP contribution is 2.39. The summed E-state index contributed by atoms with van der Waals surface area (Å²) in [6, 6.07) is 6.16. The van der Waals surface area contributed by atoms with Crippen molar-refractivity contribution in [3.8, 4) is 0 Å². The lowest BCUT2D eigenvalue weighted by atomic mass is 10.3. The van der Waals surface area contributed by atoms with Gasteiger partial charge in [0.05, 0.1) is 11.3 Å². The third-order valence-electron chi connectivity index (χ3n) is 4.08. The molecular formula is C17H17N5O2S3. The van der Waals surface area contributed by atoms with Gasteiger partial charge in [0.2, 0.25) is 5.91 Å². The lowest BCUT2D eigenvalue weighted by molar-refractivity contribution is -0.113. The van der Waals surface area contributed by atoms with E-state index in [1.165, 1.54) is 28.0 Å². The minimum atomic E-state index is -0.550. The van der Waals surface area contributed by atoms with Crippen molar-refractivity contribution in [2.24, 2.45) is 5.73 Å². The van der Waals surface area contributed by atoms with Gasteiger partial charge in [-0.05, 0) is 35.7 Å². The average Bonchev–Trinajstić information content (AvgIpc) is 3.03. The summed E-state index contributed by atoms with van der Waals surface area (Å²) in [7, 11) is 0. The van der Waals surface area contributed by atoms with Crippen LogP contribution in [-0.4, -0.2) is 32.3 Å². The Bertz CT molecular complexity index is 959. The van der Waals surface area contributed by atoms with Gasteiger partial charge in [-0.15, -0.1) is 32.9 Å². The highest BCUT2D eigenvalue weighted by Gasteiger charge is 2.30. The van der Waals surface area contributed by atoms with E-state index < -0.39 is 5.91 Å². The summed E-state index contributed by atoms with van der Waals surface area (Å²) in [6.07, 6.45) is 2.99. The van der Waals surface area contributed by atoms with E-state index in [1.807, 2.05) is 6.07 Å². The molecule has 0 saturated heterocycles. The molecule has 27 heavy (non-hydrogen) atoms. The number of carbonyl (C=O) groups excluding carboxylic acids is 2. The fourth-order valence-corrected chi connectivity index (χ4v) is 5.02. The topological polar surface area (TPSA) is 103 Å². The number of nitrogens with two attached hydrogens (primary N) is 1. The molecule has 0 atom stereocenters. The van der Waals surface area contributed by atoms with Crippen LogP contribution >= 0.6 is 34.4 Å². The third-order valence-corrected chi connectivity index (χ3v) is 6.72. The number of hydrogen-bond acceptors (Lipinski definition) is 7. The predicted octanol–water partition coefficient (Wildman–Crippen LogP) is 3.16. The largest absolute Gasteiger partial charge is 0.366 e. The van der Waals surface area contributed by atoms with E-state index in [0.29, 0.717) is 16.6 Å². The summed E-state index contributed by atoms with van der Waals surface area (Å²) in [5.41, 5.74) is 5.64. The first-order valence-corrected chi connectivity index (χ1v) is 11.1. The van der Waals surface area contributed by atoms with Crippen LogP contribution in [0.15, 0.2) is 34.1 Å². The molecule has 0 unspecified atom stereocenters. The van der Waals surface area contributed by atoms with E-state index in [4.69, 9.17) is 5.73 Å². The van der Waals surface area contributed by atoms with Gasteiger partial charge in [0.25, 0.3) is 5.91 Å². The van der Waals surface area contributed by atoms with Gasteiger partial charge in [-0.3, -0.25) is 9.59 Å². The van der Waals surface area contributed by atoms with Gasteiger partial charge < -0.3 is 15.6 Å². The number of primary amides is 1. The zero-order valence-corrected chi connectivity index (χ0v) is 16.7. The van der Waals surface area contributed by atoms with Gasteiger partial charge in [-0.1, -0.05) is 17.8 Å². The Balaban J connectivity index is 1.42. The molecule has 0 spiro atoms. The zero-order valence-electron chi connectivity index (χ0n) is 14.3. The number of hydrogen-bond donors (Lipinski definition) is 2. The lowest BCUT2D eigenvalue weighted by Gasteiger charge is -2.08. The van der Waals surface area contributed by atoms with Crippen molar-refractivity contribution in [2.75, 3.05) is 11.1 Å². The normalized spacial score (nSPS) is 13.6. The van der Waals surface area contributed by atoms with E-state index in [2.05, 4.69) is 31.5 Å². The SMILES string of the molecule is NC(=O)c1ccsc1NC(=O)CSc1nnc(Cc2cccs2)n1C1CC1. The molecule has 0 radical (unpaired) electrons. The number of thioether (sulfide) groups is 1. The number of nitrogens with zero attached hydrogens (tertiary/aromatic N) is 3. The Hall–Kier alpha value is -2.17. The van der Waals surface area contributed by atoms with Crippen LogP contribution in [0.5, 0.6) is 0 Å². The molecule has 0 aliphatic heterocycles. The highest BCUT2D eigenvalue weighted by molar-refractivity contribution is 7.99. The zero-order chi connectivity index (χ0) is 18.8. The molecule has 0 bridgehead atoms. The molecule has 10 heteroatoms. The van der Waals surface area contributed by atoms with E-state index in [-0.39, 0.29) is 11.7 Å². The molecule has 2 amide bonds. The summed E-state index contributed by atoms with van der Waals surface area (Å²) in [5.74, 6) is 0.387. The number of carbonyl (C=O) groups is 2. The standard InChI is InChI=1S/C17H17N5O2S3/c18-15(24)12-5-7-26-16(12)19-14(23)9-27-17-21-20-13(22(17)10-3-4-10)8-11-2-1-6-25-11/h1-2,5-7,10H,3-4,8-9H2,(H2,18,24)(H,19,23). The molecule has 140 valence electrons. The number of anilines is 1. The highest BCUT2D eigenvalue weighted by atomic mass is 32.2. The van der Waals surface area contributed by atoms with Crippen LogP contribution < -0.4 is 11.1 Å². The van der Waals surface area contributed by atoms with Crippen molar-refractivity contribution in [1.29, 1.82) is 0 Å². The predicted molar refractivity (Wildman–Crippen MR) is 108 cm³/mol. The first-order chi connectivity index (χ1) is 13.1. The van der Waals surface area contributed by atoms with Gasteiger partial charge in [0.1, 0.15) is 10.8 Å². The minimum absolute atomic E-state index is 0.194. The quantitative estimate of drug-likeness (QED) is 0.546. The number of nitrogens with one attached hydrogen (secondary N) is 1. The second-order valence-electron chi connectivity index (χ2n) is 6.12. The number of thiophene rings is 2. The third kappa shape index (κ3) is 4.23. The Morgan fingerprint density at radius 3 is 2.81 bits per heavy atom. The van der Waals surface area contributed by atoms with Gasteiger partial charge in [-0.2, -0.15) is 0 Å². The van der Waals surface area contributed by atoms with Crippen molar-refractivity contribution in [2.45, 2.75) is 30.5 Å². The monoisotopic (exact) mass is 419 g/mol. The smallest absolute Gasteiger partial charge is 0.251 e. The Morgan fingerprint density at radius 1 is 1.26 bits per heavy atom. The molecule has 1 aliphatic carbocycles. The molecule has 1 saturated carbocycles. The summed E-state index contributed by atoms with van der Waals surface area (Å²) >= 11 is 4.34. The van der Waals surface area contributed by atoms with Gasteiger partial charge >= 0.3 is 0 Å². The van der Waals surface area contributed by atoms with Gasteiger partial charge in [0.15, 0.2) is 5.16 Å². The maximum atomic E-state index is 12.3. The summed E-state index contributed by atoms with van der Waals surface area (Å²) < 4.78 is 2.16. The van der Waals surface area contributed by atoms with E-state index in [1.54, 1.807) is 22.8 Å². The minimum Gasteiger partial charge on any atom is -0.366 e. The Morgan fingerprint density at radius 2 is 2.11 bits per heavy atom. The molecule has 1 aliphatic rings. The van der Waals surface area contributed by atoms with Gasteiger partial charge in [0, 0.05) is 17.3 Å². The van der Waals surface area contributed by atoms with Gasteiger partial charge in [-0.25, -0.2) is 0 Å². The van der Waals surface area contributed by atoms with Crippen LogP contribution in [0.25, 0.3) is 0 Å². The fourth-order valence-electron chi connectivity index (χ4n) is 2.69. The maximum Gasteiger partial charge on any atom is 0.251 e. The van der Waals surface area contributed by atoms with Crippen molar-refractivity contribution in [3.63, 3.8) is 0 Å².